The lowest BCUT2D eigenvalue weighted by molar-refractivity contribution is -0.148. The molecule has 0 aromatic rings. The highest BCUT2D eigenvalue weighted by Crippen LogP contribution is 2.14. The third-order valence-electron chi connectivity index (χ3n) is 1.68. The predicted octanol–water partition coefficient (Wildman–Crippen LogP) is 1.82. The minimum Gasteiger partial charge on any atom is -0.452 e. The van der Waals surface area contributed by atoms with Gasteiger partial charge in [-0.05, 0) is 26.8 Å². The van der Waals surface area contributed by atoms with E-state index in [-0.39, 0.29) is 12.0 Å². The predicted molar refractivity (Wildman–Crippen MR) is 55.8 cm³/mol. The summed E-state index contributed by atoms with van der Waals surface area (Å²) in [5.74, 6) is -0.490. The summed E-state index contributed by atoms with van der Waals surface area (Å²) in [6.45, 7) is 12.1. The Morgan fingerprint density at radius 1 is 1.64 bits per heavy atom. The molecule has 0 aliphatic heterocycles. The normalized spacial score (nSPS) is 13.1. The Kier molecular flexibility index (Phi) is 4.57. The number of aliphatic hydroxyl groups is 1. The quantitative estimate of drug-likeness (QED) is 0.416. The number of hydrogen-bond donors (Lipinski definition) is 1. The van der Waals surface area contributed by atoms with Gasteiger partial charge in [0.25, 0.3) is 0 Å². The molecule has 0 rings (SSSR count). The summed E-state index contributed by atoms with van der Waals surface area (Å²) < 4.78 is 5.08. The molecule has 0 saturated heterocycles. The molecule has 0 aliphatic carbocycles. The van der Waals surface area contributed by atoms with Gasteiger partial charge in [-0.25, -0.2) is 4.79 Å². The smallest absolute Gasteiger partial charge is 0.334 e. The van der Waals surface area contributed by atoms with Crippen LogP contribution in [0.5, 0.6) is 0 Å². The molecule has 0 saturated carbocycles. The molecule has 0 aliphatic rings. The average molecular weight is 198 g/mol. The second-order valence-electron chi connectivity index (χ2n) is 3.85. The van der Waals surface area contributed by atoms with Crippen molar-refractivity contribution in [1.29, 1.82) is 0 Å². The Morgan fingerprint density at radius 2 is 2.14 bits per heavy atom. The SMILES string of the molecule is C=CC(C)(C)OC(=O)C(=C)CC(C)O. The first-order valence-electron chi connectivity index (χ1n) is 4.51. The van der Waals surface area contributed by atoms with Crippen molar-refractivity contribution >= 4 is 5.97 Å². The standard InChI is InChI=1S/C11H18O3/c1-6-11(4,5)14-10(13)8(2)7-9(3)12/h6,9,12H,1-2,7H2,3-5H3. The van der Waals surface area contributed by atoms with Crippen LogP contribution < -0.4 is 0 Å². The van der Waals surface area contributed by atoms with E-state index in [0.29, 0.717) is 0 Å². The summed E-state index contributed by atoms with van der Waals surface area (Å²) in [6.07, 6.45) is 1.19. The van der Waals surface area contributed by atoms with Crippen LogP contribution in [0.4, 0.5) is 0 Å². The van der Waals surface area contributed by atoms with Crippen molar-refractivity contribution in [3.63, 3.8) is 0 Å². The molecule has 0 bridgehead atoms. The largest absolute Gasteiger partial charge is 0.452 e. The highest BCUT2D eigenvalue weighted by molar-refractivity contribution is 5.88. The molecule has 1 N–H and O–H groups in total. The molecule has 1 unspecified atom stereocenters. The molecule has 1 atom stereocenters. The summed E-state index contributed by atoms with van der Waals surface area (Å²) in [5, 5.41) is 9.04. The van der Waals surface area contributed by atoms with Gasteiger partial charge >= 0.3 is 5.97 Å². The zero-order chi connectivity index (χ0) is 11.4. The van der Waals surface area contributed by atoms with Crippen molar-refractivity contribution in [1.82, 2.24) is 0 Å². The summed E-state index contributed by atoms with van der Waals surface area (Å²) in [4.78, 5) is 11.4. The zero-order valence-electron chi connectivity index (χ0n) is 9.04. The fraction of sp³-hybridized carbons (Fsp3) is 0.545. The zero-order valence-corrected chi connectivity index (χ0v) is 9.04. The molecule has 0 radical (unpaired) electrons. The summed E-state index contributed by atoms with van der Waals surface area (Å²) in [5.41, 5.74) is -0.423. The maximum absolute atomic E-state index is 11.4. The van der Waals surface area contributed by atoms with Crippen LogP contribution in [0.3, 0.4) is 0 Å². The highest BCUT2D eigenvalue weighted by atomic mass is 16.6. The molecule has 14 heavy (non-hydrogen) atoms. The Bertz CT molecular complexity index is 239. The van der Waals surface area contributed by atoms with Crippen molar-refractivity contribution in [2.45, 2.75) is 38.9 Å². The first-order chi connectivity index (χ1) is 6.28. The lowest BCUT2D eigenvalue weighted by atomic mass is 10.1. The van der Waals surface area contributed by atoms with E-state index in [9.17, 15) is 4.79 Å². The number of carbonyl (C=O) groups is 1. The molecule has 0 aromatic heterocycles. The van der Waals surface area contributed by atoms with Crippen molar-refractivity contribution < 1.29 is 14.6 Å². The van der Waals surface area contributed by atoms with Crippen LogP contribution >= 0.6 is 0 Å². The third kappa shape index (κ3) is 4.82. The van der Waals surface area contributed by atoms with E-state index < -0.39 is 17.7 Å². The number of ether oxygens (including phenoxy) is 1. The fourth-order valence-electron chi connectivity index (χ4n) is 0.793. The van der Waals surface area contributed by atoms with Crippen LogP contribution in [-0.4, -0.2) is 22.8 Å². The van der Waals surface area contributed by atoms with Gasteiger partial charge in [-0.1, -0.05) is 13.2 Å². The number of carbonyl (C=O) groups excluding carboxylic acids is 1. The lowest BCUT2D eigenvalue weighted by Gasteiger charge is -2.21. The number of hydrogen-bond acceptors (Lipinski definition) is 3. The van der Waals surface area contributed by atoms with Crippen molar-refractivity contribution in [2.75, 3.05) is 0 Å². The minimum absolute atomic E-state index is 0.228. The van der Waals surface area contributed by atoms with E-state index in [1.807, 2.05) is 0 Å². The molecular formula is C11H18O3. The summed E-state index contributed by atoms with van der Waals surface area (Å²) in [7, 11) is 0. The van der Waals surface area contributed by atoms with E-state index in [1.165, 1.54) is 0 Å². The molecule has 0 fully saturated rings. The first-order valence-corrected chi connectivity index (χ1v) is 4.51. The van der Waals surface area contributed by atoms with Gasteiger partial charge in [0.2, 0.25) is 0 Å². The van der Waals surface area contributed by atoms with E-state index in [0.717, 1.165) is 0 Å². The van der Waals surface area contributed by atoms with Gasteiger partial charge in [0.15, 0.2) is 0 Å². The van der Waals surface area contributed by atoms with E-state index in [1.54, 1.807) is 26.8 Å². The van der Waals surface area contributed by atoms with Gasteiger partial charge in [-0.2, -0.15) is 0 Å². The van der Waals surface area contributed by atoms with Crippen LogP contribution in [-0.2, 0) is 9.53 Å². The van der Waals surface area contributed by atoms with Crippen LogP contribution in [0.1, 0.15) is 27.2 Å². The van der Waals surface area contributed by atoms with Crippen LogP contribution in [0.15, 0.2) is 24.8 Å². The molecule has 3 nitrogen and oxygen atoms in total. The van der Waals surface area contributed by atoms with E-state index in [2.05, 4.69) is 13.2 Å². The third-order valence-corrected chi connectivity index (χ3v) is 1.68. The van der Waals surface area contributed by atoms with Crippen molar-refractivity contribution in [2.24, 2.45) is 0 Å². The minimum atomic E-state index is -0.696. The van der Waals surface area contributed by atoms with E-state index >= 15 is 0 Å². The summed E-state index contributed by atoms with van der Waals surface area (Å²) >= 11 is 0. The summed E-state index contributed by atoms with van der Waals surface area (Å²) in [6, 6.07) is 0. The maximum Gasteiger partial charge on any atom is 0.334 e. The maximum atomic E-state index is 11.4. The van der Waals surface area contributed by atoms with Gasteiger partial charge in [0.1, 0.15) is 5.60 Å². The van der Waals surface area contributed by atoms with Gasteiger partial charge in [-0.3, -0.25) is 0 Å². The lowest BCUT2D eigenvalue weighted by Crippen LogP contribution is -2.26. The van der Waals surface area contributed by atoms with Crippen molar-refractivity contribution in [3.8, 4) is 0 Å². The number of rotatable bonds is 5. The van der Waals surface area contributed by atoms with Gasteiger partial charge in [0, 0.05) is 12.0 Å². The van der Waals surface area contributed by atoms with E-state index in [4.69, 9.17) is 9.84 Å². The topological polar surface area (TPSA) is 46.5 Å². The highest BCUT2D eigenvalue weighted by Gasteiger charge is 2.20. The van der Waals surface area contributed by atoms with Gasteiger partial charge < -0.3 is 9.84 Å². The Balaban J connectivity index is 4.22. The molecule has 3 heteroatoms. The Morgan fingerprint density at radius 3 is 2.50 bits per heavy atom. The molecule has 0 aromatic carbocycles. The fourth-order valence-corrected chi connectivity index (χ4v) is 0.793. The Labute approximate surface area is 85.1 Å². The molecule has 0 heterocycles. The molecule has 0 spiro atoms. The van der Waals surface area contributed by atoms with Crippen LogP contribution in [0.2, 0.25) is 0 Å². The number of aliphatic hydroxyl groups excluding tert-OH is 1. The van der Waals surface area contributed by atoms with Gasteiger partial charge in [-0.15, -0.1) is 0 Å². The van der Waals surface area contributed by atoms with Crippen LogP contribution in [0, 0.1) is 0 Å². The Hall–Kier alpha value is -1.09. The average Bonchev–Trinajstić information content (AvgIpc) is 2.02. The van der Waals surface area contributed by atoms with Crippen molar-refractivity contribution in [3.05, 3.63) is 24.8 Å². The van der Waals surface area contributed by atoms with Crippen LogP contribution in [0.25, 0.3) is 0 Å². The molecule has 0 amide bonds. The second-order valence-corrected chi connectivity index (χ2v) is 3.85. The molecular weight excluding hydrogens is 180 g/mol. The molecule has 80 valence electrons. The first kappa shape index (κ1) is 12.9. The number of esters is 1. The second kappa shape index (κ2) is 4.96. The van der Waals surface area contributed by atoms with Gasteiger partial charge in [0.05, 0.1) is 6.10 Å². The monoisotopic (exact) mass is 198 g/mol.